The SMILES string of the molecule is CSc1ccc([C@H]2NC(=O)c3c(sc4c3CCN(C(C)C)C4)N2)cc1. The second kappa shape index (κ2) is 6.67. The summed E-state index contributed by atoms with van der Waals surface area (Å²) in [4.78, 5) is 17.8. The monoisotopic (exact) mass is 373 g/mol. The van der Waals surface area contributed by atoms with Crippen LogP contribution in [0.1, 0.15) is 46.4 Å². The van der Waals surface area contributed by atoms with E-state index in [9.17, 15) is 4.79 Å². The zero-order chi connectivity index (χ0) is 17.6. The summed E-state index contributed by atoms with van der Waals surface area (Å²) in [6.45, 7) is 6.45. The van der Waals surface area contributed by atoms with E-state index in [1.807, 2.05) is 0 Å². The van der Waals surface area contributed by atoms with Crippen LogP contribution in [0.4, 0.5) is 5.00 Å². The average molecular weight is 374 g/mol. The molecule has 1 atom stereocenters. The van der Waals surface area contributed by atoms with Gasteiger partial charge in [0.25, 0.3) is 5.91 Å². The topological polar surface area (TPSA) is 44.4 Å². The van der Waals surface area contributed by atoms with Crippen LogP contribution in [-0.4, -0.2) is 29.6 Å². The number of thioether (sulfide) groups is 1. The summed E-state index contributed by atoms with van der Waals surface area (Å²) in [6, 6.07) is 8.91. The van der Waals surface area contributed by atoms with Crippen molar-refractivity contribution >= 4 is 34.0 Å². The van der Waals surface area contributed by atoms with Crippen LogP contribution in [0.5, 0.6) is 0 Å². The van der Waals surface area contributed by atoms with Gasteiger partial charge in [0.05, 0.1) is 5.56 Å². The number of nitrogens with one attached hydrogen (secondary N) is 2. The molecule has 6 heteroatoms. The fourth-order valence-corrected chi connectivity index (χ4v) is 5.25. The van der Waals surface area contributed by atoms with Gasteiger partial charge in [0, 0.05) is 28.9 Å². The van der Waals surface area contributed by atoms with Crippen molar-refractivity contribution in [2.45, 2.75) is 43.9 Å². The molecule has 0 radical (unpaired) electrons. The number of thiophene rings is 1. The number of hydrogen-bond donors (Lipinski definition) is 2. The number of nitrogens with zero attached hydrogens (tertiary/aromatic N) is 1. The lowest BCUT2D eigenvalue weighted by Crippen LogP contribution is -2.39. The van der Waals surface area contributed by atoms with Gasteiger partial charge in [-0.1, -0.05) is 12.1 Å². The summed E-state index contributed by atoms with van der Waals surface area (Å²) < 4.78 is 0. The van der Waals surface area contributed by atoms with Gasteiger partial charge < -0.3 is 10.6 Å². The minimum absolute atomic E-state index is 0.0585. The van der Waals surface area contributed by atoms with Crippen molar-refractivity contribution in [3.8, 4) is 0 Å². The van der Waals surface area contributed by atoms with Crippen molar-refractivity contribution in [1.29, 1.82) is 0 Å². The summed E-state index contributed by atoms with van der Waals surface area (Å²) in [6.07, 6.45) is 2.87. The van der Waals surface area contributed by atoms with Crippen LogP contribution in [-0.2, 0) is 13.0 Å². The highest BCUT2D eigenvalue weighted by Gasteiger charge is 2.33. The number of anilines is 1. The molecule has 25 heavy (non-hydrogen) atoms. The smallest absolute Gasteiger partial charge is 0.256 e. The lowest BCUT2D eigenvalue weighted by molar-refractivity contribution is 0.0934. The number of amides is 1. The first-order chi connectivity index (χ1) is 12.1. The summed E-state index contributed by atoms with van der Waals surface area (Å²) in [5.74, 6) is 0.0585. The molecule has 2 aliphatic heterocycles. The number of carbonyl (C=O) groups excluding carboxylic acids is 1. The van der Waals surface area contributed by atoms with Crippen LogP contribution in [0.3, 0.4) is 0 Å². The zero-order valence-electron chi connectivity index (χ0n) is 14.8. The molecule has 2 N–H and O–H groups in total. The average Bonchev–Trinajstić information content (AvgIpc) is 2.99. The Balaban J connectivity index is 1.62. The van der Waals surface area contributed by atoms with Crippen LogP contribution in [0.25, 0.3) is 0 Å². The van der Waals surface area contributed by atoms with Gasteiger partial charge in [0.2, 0.25) is 0 Å². The Bertz CT molecular complexity index is 798. The van der Waals surface area contributed by atoms with Crippen molar-refractivity contribution in [1.82, 2.24) is 10.2 Å². The molecule has 0 saturated heterocycles. The van der Waals surface area contributed by atoms with Gasteiger partial charge in [-0.2, -0.15) is 0 Å². The van der Waals surface area contributed by atoms with Gasteiger partial charge in [0.15, 0.2) is 0 Å². The zero-order valence-corrected chi connectivity index (χ0v) is 16.4. The molecule has 4 nitrogen and oxygen atoms in total. The van der Waals surface area contributed by atoms with Gasteiger partial charge in [-0.15, -0.1) is 23.1 Å². The minimum atomic E-state index is -0.155. The van der Waals surface area contributed by atoms with Crippen molar-refractivity contribution in [3.63, 3.8) is 0 Å². The number of benzene rings is 1. The fraction of sp³-hybridized carbons (Fsp3) is 0.421. The van der Waals surface area contributed by atoms with Crippen LogP contribution in [0.2, 0.25) is 0 Å². The Morgan fingerprint density at radius 2 is 2.00 bits per heavy atom. The maximum Gasteiger partial charge on any atom is 0.256 e. The number of rotatable bonds is 3. The molecule has 1 aromatic carbocycles. The third kappa shape index (κ3) is 3.07. The van der Waals surface area contributed by atoms with Crippen LogP contribution >= 0.6 is 23.1 Å². The second-order valence-corrected chi connectivity index (χ2v) is 8.83. The molecule has 0 spiro atoms. The van der Waals surface area contributed by atoms with Gasteiger partial charge in [-0.25, -0.2) is 0 Å². The summed E-state index contributed by atoms with van der Waals surface area (Å²) >= 11 is 3.47. The molecular weight excluding hydrogens is 350 g/mol. The third-order valence-corrected chi connectivity index (χ3v) is 6.94. The highest BCUT2D eigenvalue weighted by Crippen LogP contribution is 2.41. The molecule has 1 amide bonds. The van der Waals surface area contributed by atoms with Gasteiger partial charge in [0.1, 0.15) is 11.2 Å². The molecule has 3 heterocycles. The summed E-state index contributed by atoms with van der Waals surface area (Å²) in [7, 11) is 0. The Labute approximate surface area is 157 Å². The number of fused-ring (bicyclic) bond motifs is 3. The molecule has 0 unspecified atom stereocenters. The summed E-state index contributed by atoms with van der Waals surface area (Å²) in [5, 5.41) is 7.70. The van der Waals surface area contributed by atoms with E-state index in [4.69, 9.17) is 0 Å². The molecule has 1 aromatic heterocycles. The molecule has 2 aliphatic rings. The standard InChI is InChI=1S/C19H23N3OS2/c1-11(2)22-9-8-14-15(10-22)25-19-16(14)18(23)20-17(21-19)12-4-6-13(24-3)7-5-12/h4-7,11,17,21H,8-10H2,1-3H3,(H,20,23)/t17-/m0/s1. The number of hydrogen-bond acceptors (Lipinski definition) is 5. The van der Waals surface area contributed by atoms with Gasteiger partial charge in [-0.3, -0.25) is 9.69 Å². The Kier molecular flexibility index (Phi) is 4.52. The predicted octanol–water partition coefficient (Wildman–Crippen LogP) is 4.09. The van der Waals surface area contributed by atoms with Crippen LogP contribution in [0.15, 0.2) is 29.2 Å². The molecule has 0 saturated carbocycles. The molecule has 0 fully saturated rings. The van der Waals surface area contributed by atoms with E-state index in [-0.39, 0.29) is 12.1 Å². The lowest BCUT2D eigenvalue weighted by Gasteiger charge is -2.31. The highest BCUT2D eigenvalue weighted by molar-refractivity contribution is 7.98. The normalized spacial score (nSPS) is 20.0. The lowest BCUT2D eigenvalue weighted by atomic mass is 9.99. The molecule has 4 rings (SSSR count). The van der Waals surface area contributed by atoms with E-state index >= 15 is 0 Å². The van der Waals surface area contributed by atoms with E-state index < -0.39 is 0 Å². The van der Waals surface area contributed by atoms with E-state index in [1.54, 1.807) is 23.1 Å². The van der Waals surface area contributed by atoms with E-state index in [0.717, 1.165) is 35.6 Å². The maximum absolute atomic E-state index is 12.8. The van der Waals surface area contributed by atoms with E-state index in [0.29, 0.717) is 6.04 Å². The first kappa shape index (κ1) is 16.9. The third-order valence-electron chi connectivity index (χ3n) is 5.04. The van der Waals surface area contributed by atoms with E-state index in [2.05, 4.69) is 59.9 Å². The Hall–Kier alpha value is -1.50. The fourth-order valence-electron chi connectivity index (χ4n) is 3.54. The van der Waals surface area contributed by atoms with Crippen LogP contribution in [0, 0.1) is 0 Å². The molecular formula is C19H23N3OS2. The molecule has 2 aromatic rings. The van der Waals surface area contributed by atoms with Gasteiger partial charge >= 0.3 is 0 Å². The molecule has 0 aliphatic carbocycles. The van der Waals surface area contributed by atoms with E-state index in [1.165, 1.54) is 15.3 Å². The maximum atomic E-state index is 12.8. The van der Waals surface area contributed by atoms with Crippen molar-refractivity contribution in [2.75, 3.05) is 18.1 Å². The van der Waals surface area contributed by atoms with Gasteiger partial charge in [-0.05, 0) is 49.8 Å². The molecule has 132 valence electrons. The number of carbonyl (C=O) groups is 1. The van der Waals surface area contributed by atoms with Crippen molar-refractivity contribution in [2.24, 2.45) is 0 Å². The van der Waals surface area contributed by atoms with Crippen molar-refractivity contribution in [3.05, 3.63) is 45.8 Å². The van der Waals surface area contributed by atoms with Crippen LogP contribution < -0.4 is 10.6 Å². The first-order valence-electron chi connectivity index (χ1n) is 8.66. The molecule has 0 bridgehead atoms. The quantitative estimate of drug-likeness (QED) is 0.796. The minimum Gasteiger partial charge on any atom is -0.353 e. The first-order valence-corrected chi connectivity index (χ1v) is 10.7. The summed E-state index contributed by atoms with van der Waals surface area (Å²) in [5.41, 5.74) is 3.21. The van der Waals surface area contributed by atoms with Crippen molar-refractivity contribution < 1.29 is 4.79 Å². The highest BCUT2D eigenvalue weighted by atomic mass is 32.2. The largest absolute Gasteiger partial charge is 0.353 e. The Morgan fingerprint density at radius 1 is 1.24 bits per heavy atom. The predicted molar refractivity (Wildman–Crippen MR) is 106 cm³/mol. The second-order valence-electron chi connectivity index (χ2n) is 6.85. The Morgan fingerprint density at radius 3 is 2.68 bits per heavy atom.